The van der Waals surface area contributed by atoms with Gasteiger partial charge < -0.3 is 14.5 Å². The first kappa shape index (κ1) is 23.1. The number of halogens is 3. The topological polar surface area (TPSA) is 45.1 Å². The van der Waals surface area contributed by atoms with E-state index in [2.05, 4.69) is 4.90 Å². The van der Waals surface area contributed by atoms with E-state index in [1.807, 2.05) is 37.8 Å². The van der Waals surface area contributed by atoms with Gasteiger partial charge in [-0.3, -0.25) is 4.79 Å². The number of alkyl halides is 3. The van der Waals surface area contributed by atoms with E-state index in [9.17, 15) is 18.0 Å². The molecule has 176 valence electrons. The Hall–Kier alpha value is -3.03. The maximum atomic E-state index is 13.2. The molecule has 2 aliphatic heterocycles. The van der Waals surface area contributed by atoms with E-state index in [1.165, 1.54) is 6.07 Å². The number of aliphatic imine (C=N–C) groups is 1. The summed E-state index contributed by atoms with van der Waals surface area (Å²) in [7, 11) is 0. The van der Waals surface area contributed by atoms with E-state index in [0.717, 1.165) is 24.1 Å². The summed E-state index contributed by atoms with van der Waals surface area (Å²) < 4.78 is 45.6. The molecule has 1 fully saturated rings. The van der Waals surface area contributed by atoms with E-state index < -0.39 is 11.7 Å². The third kappa shape index (κ3) is 5.31. The van der Waals surface area contributed by atoms with Crippen molar-refractivity contribution in [2.75, 3.05) is 26.2 Å². The second-order valence-corrected chi connectivity index (χ2v) is 9.67. The van der Waals surface area contributed by atoms with Gasteiger partial charge in [-0.2, -0.15) is 13.2 Å². The zero-order chi connectivity index (χ0) is 23.8. The third-order valence-corrected chi connectivity index (χ3v) is 5.69. The van der Waals surface area contributed by atoms with Crippen molar-refractivity contribution in [2.24, 2.45) is 10.4 Å². The maximum absolute atomic E-state index is 13.2. The number of hydrogen-bond acceptors (Lipinski definition) is 4. The van der Waals surface area contributed by atoms with Crippen LogP contribution in [-0.2, 0) is 11.0 Å². The Morgan fingerprint density at radius 3 is 2.48 bits per heavy atom. The van der Waals surface area contributed by atoms with E-state index in [-0.39, 0.29) is 17.1 Å². The number of amides is 1. The first-order valence-corrected chi connectivity index (χ1v) is 11.1. The first-order chi connectivity index (χ1) is 15.5. The third-order valence-electron chi connectivity index (χ3n) is 5.69. The van der Waals surface area contributed by atoms with Crippen LogP contribution in [0.3, 0.4) is 0 Å². The van der Waals surface area contributed by atoms with E-state index in [4.69, 9.17) is 9.73 Å². The van der Waals surface area contributed by atoms with Crippen molar-refractivity contribution in [3.8, 4) is 11.5 Å². The molecule has 2 heterocycles. The van der Waals surface area contributed by atoms with Gasteiger partial charge in [0, 0.05) is 32.6 Å². The molecule has 2 aromatic rings. The molecule has 4 rings (SSSR count). The normalized spacial score (nSPS) is 16.7. The zero-order valence-corrected chi connectivity index (χ0v) is 19.1. The smallest absolute Gasteiger partial charge is 0.416 e. The average Bonchev–Trinajstić information content (AvgIpc) is 3.06. The van der Waals surface area contributed by atoms with Gasteiger partial charge >= 0.3 is 6.18 Å². The van der Waals surface area contributed by atoms with Gasteiger partial charge in [-0.15, -0.1) is 0 Å². The number of para-hydroxylation sites is 1. The number of carbonyl (C=O) groups excluding carboxylic acids is 1. The Kier molecular flexibility index (Phi) is 6.12. The quantitative estimate of drug-likeness (QED) is 0.537. The number of benzene rings is 2. The Morgan fingerprint density at radius 1 is 1.00 bits per heavy atom. The summed E-state index contributed by atoms with van der Waals surface area (Å²) in [6.07, 6.45) is -3.21. The Balaban J connectivity index is 1.65. The minimum atomic E-state index is -4.47. The number of fused-ring (bicyclic) bond motifs is 2. The monoisotopic (exact) mass is 459 g/mol. The highest BCUT2D eigenvalue weighted by Crippen LogP contribution is 2.41. The van der Waals surface area contributed by atoms with Crippen LogP contribution in [0.4, 0.5) is 18.9 Å². The molecule has 2 aliphatic rings. The summed E-state index contributed by atoms with van der Waals surface area (Å²) >= 11 is 0. The summed E-state index contributed by atoms with van der Waals surface area (Å²) in [4.78, 5) is 21.5. The van der Waals surface area contributed by atoms with Gasteiger partial charge in [0.25, 0.3) is 0 Å². The van der Waals surface area contributed by atoms with Crippen molar-refractivity contribution in [3.63, 3.8) is 0 Å². The molecule has 0 saturated carbocycles. The molecule has 5 nitrogen and oxygen atoms in total. The lowest BCUT2D eigenvalue weighted by Gasteiger charge is -2.27. The van der Waals surface area contributed by atoms with Crippen LogP contribution in [-0.4, -0.2) is 47.7 Å². The van der Waals surface area contributed by atoms with Crippen molar-refractivity contribution < 1.29 is 22.7 Å². The van der Waals surface area contributed by atoms with Crippen molar-refractivity contribution in [2.45, 2.75) is 39.8 Å². The van der Waals surface area contributed by atoms with Crippen molar-refractivity contribution >= 4 is 17.4 Å². The van der Waals surface area contributed by atoms with Crippen LogP contribution in [0.2, 0.25) is 0 Å². The van der Waals surface area contributed by atoms with E-state index in [1.54, 1.807) is 12.1 Å². The second-order valence-electron chi connectivity index (χ2n) is 9.67. The maximum Gasteiger partial charge on any atom is 0.416 e. The summed E-state index contributed by atoms with van der Waals surface area (Å²) in [5, 5.41) is 0. The highest BCUT2D eigenvalue weighted by Gasteiger charge is 2.33. The van der Waals surface area contributed by atoms with Gasteiger partial charge in [0.15, 0.2) is 5.75 Å². The Bertz CT molecular complexity index is 1070. The molecule has 1 saturated heterocycles. The lowest BCUT2D eigenvalue weighted by Crippen LogP contribution is -2.38. The number of carbonyl (C=O) groups is 1. The van der Waals surface area contributed by atoms with Crippen LogP contribution in [0.15, 0.2) is 47.5 Å². The number of hydrogen-bond donors (Lipinski definition) is 0. The van der Waals surface area contributed by atoms with Crippen molar-refractivity contribution in [1.29, 1.82) is 0 Å². The van der Waals surface area contributed by atoms with Crippen LogP contribution in [0.1, 0.15) is 44.7 Å². The molecule has 0 aliphatic carbocycles. The Labute approximate surface area is 191 Å². The molecule has 0 aromatic heterocycles. The fraction of sp³-hybridized carbons (Fsp3) is 0.440. The molecule has 8 heteroatoms. The van der Waals surface area contributed by atoms with Crippen LogP contribution in [0.5, 0.6) is 11.5 Å². The van der Waals surface area contributed by atoms with Crippen molar-refractivity contribution in [1.82, 2.24) is 9.80 Å². The fourth-order valence-electron chi connectivity index (χ4n) is 4.08. The van der Waals surface area contributed by atoms with E-state index in [0.29, 0.717) is 49.9 Å². The van der Waals surface area contributed by atoms with Gasteiger partial charge in [-0.25, -0.2) is 4.99 Å². The molecule has 0 spiro atoms. The fourth-order valence-corrected chi connectivity index (χ4v) is 4.08. The number of rotatable bonds is 1. The minimum absolute atomic E-state index is 0.0732. The molecule has 2 aromatic carbocycles. The molecular formula is C25H28F3N3O2. The van der Waals surface area contributed by atoms with Crippen LogP contribution in [0, 0.1) is 5.41 Å². The van der Waals surface area contributed by atoms with Crippen molar-refractivity contribution in [3.05, 3.63) is 53.6 Å². The van der Waals surface area contributed by atoms with Gasteiger partial charge in [0.2, 0.25) is 5.91 Å². The number of ether oxygens (including phenoxy) is 1. The van der Waals surface area contributed by atoms with Gasteiger partial charge in [-0.1, -0.05) is 32.9 Å². The first-order valence-electron chi connectivity index (χ1n) is 11.1. The highest BCUT2D eigenvalue weighted by atomic mass is 19.4. The Morgan fingerprint density at radius 2 is 1.76 bits per heavy atom. The summed E-state index contributed by atoms with van der Waals surface area (Å²) in [6, 6.07) is 10.6. The molecule has 0 bridgehead atoms. The van der Waals surface area contributed by atoms with Gasteiger partial charge in [0.1, 0.15) is 17.3 Å². The van der Waals surface area contributed by atoms with Gasteiger partial charge in [-0.05, 0) is 42.2 Å². The molecule has 0 atom stereocenters. The molecule has 0 radical (unpaired) electrons. The zero-order valence-electron chi connectivity index (χ0n) is 19.1. The summed E-state index contributed by atoms with van der Waals surface area (Å²) in [5.74, 6) is 1.32. The number of nitrogens with zero attached hydrogens (tertiary/aromatic N) is 3. The SMILES string of the molecule is CC(C)(C)CC(=O)N1CCCN(C2=Nc3ccc(C(F)(F)F)cc3Oc3ccccc32)CC1. The molecule has 0 N–H and O–H groups in total. The molecule has 0 unspecified atom stereocenters. The van der Waals surface area contributed by atoms with Crippen LogP contribution >= 0.6 is 0 Å². The second kappa shape index (κ2) is 8.72. The lowest BCUT2D eigenvalue weighted by molar-refractivity contribution is -0.137. The van der Waals surface area contributed by atoms with Crippen LogP contribution < -0.4 is 4.74 Å². The summed E-state index contributed by atoms with van der Waals surface area (Å²) in [6.45, 7) is 8.65. The lowest BCUT2D eigenvalue weighted by atomic mass is 9.91. The average molecular weight is 460 g/mol. The van der Waals surface area contributed by atoms with E-state index >= 15 is 0 Å². The molecule has 33 heavy (non-hydrogen) atoms. The predicted octanol–water partition coefficient (Wildman–Crippen LogP) is 5.86. The largest absolute Gasteiger partial charge is 0.454 e. The predicted molar refractivity (Wildman–Crippen MR) is 121 cm³/mol. The highest BCUT2D eigenvalue weighted by molar-refractivity contribution is 6.03. The molecule has 1 amide bonds. The van der Waals surface area contributed by atoms with Gasteiger partial charge in [0.05, 0.1) is 11.1 Å². The molecular weight excluding hydrogens is 431 g/mol. The van der Waals surface area contributed by atoms with Crippen LogP contribution in [0.25, 0.3) is 0 Å². The number of amidine groups is 1. The minimum Gasteiger partial charge on any atom is -0.454 e. The standard InChI is InChI=1S/C25H28F3N3O2/c1-24(2,3)16-22(32)30-11-6-12-31(14-13-30)23-18-7-4-5-8-20(18)33-21-15-17(25(26,27)28)9-10-19(21)29-23/h4-5,7-10,15H,6,11-14,16H2,1-3H3. The summed E-state index contributed by atoms with van der Waals surface area (Å²) in [5.41, 5.74) is 0.208.